The molecule has 9 nitrogen and oxygen atoms in total. The molecular weight excluding hydrogens is 416 g/mol. The van der Waals surface area contributed by atoms with Crippen LogP contribution in [-0.2, 0) is 10.0 Å². The van der Waals surface area contributed by atoms with Crippen molar-refractivity contribution >= 4 is 33.1 Å². The van der Waals surface area contributed by atoms with Crippen LogP contribution in [0.15, 0.2) is 35.5 Å². The van der Waals surface area contributed by atoms with Crippen molar-refractivity contribution in [1.82, 2.24) is 24.3 Å². The Morgan fingerprint density at radius 3 is 2.72 bits per heavy atom. The number of hydrogen-bond donors (Lipinski definition) is 1. The average molecular weight is 437 g/mol. The molecule has 1 aromatic carbocycles. The third kappa shape index (κ3) is 3.87. The molecule has 0 atom stereocenters. The van der Waals surface area contributed by atoms with Gasteiger partial charge in [-0.2, -0.15) is 0 Å². The molecule has 1 fully saturated rings. The molecule has 1 aliphatic heterocycles. The summed E-state index contributed by atoms with van der Waals surface area (Å²) in [6, 6.07) is 4.35. The molecule has 1 N–H and O–H groups in total. The van der Waals surface area contributed by atoms with Gasteiger partial charge in [0, 0.05) is 36.5 Å². The summed E-state index contributed by atoms with van der Waals surface area (Å²) in [6.07, 6.45) is 4.82. The molecule has 4 rings (SSSR count). The first-order chi connectivity index (χ1) is 13.9. The molecule has 1 aliphatic rings. The summed E-state index contributed by atoms with van der Waals surface area (Å²) in [5.74, 6) is 1.81. The van der Waals surface area contributed by atoms with Crippen molar-refractivity contribution < 1.29 is 13.2 Å². The third-order valence-corrected chi connectivity index (χ3v) is 6.79. The van der Waals surface area contributed by atoms with E-state index in [0.29, 0.717) is 36.6 Å². The molecule has 0 saturated carbocycles. The number of ether oxygens (including phenoxy) is 1. The van der Waals surface area contributed by atoms with Crippen LogP contribution in [0.5, 0.6) is 5.75 Å². The summed E-state index contributed by atoms with van der Waals surface area (Å²) < 4.78 is 35.6. The molecule has 0 unspecified atom stereocenters. The van der Waals surface area contributed by atoms with Crippen molar-refractivity contribution in [2.45, 2.75) is 30.7 Å². The Balaban J connectivity index is 1.48. The molecule has 11 heteroatoms. The van der Waals surface area contributed by atoms with E-state index in [1.54, 1.807) is 18.3 Å². The van der Waals surface area contributed by atoms with E-state index in [-0.39, 0.29) is 16.7 Å². The minimum Gasteiger partial charge on any atom is -0.495 e. The Morgan fingerprint density at radius 2 is 2.00 bits per heavy atom. The minimum absolute atomic E-state index is 0.0419. The zero-order valence-electron chi connectivity index (χ0n) is 16.0. The van der Waals surface area contributed by atoms with E-state index in [2.05, 4.69) is 24.8 Å². The quantitative estimate of drug-likeness (QED) is 0.652. The lowest BCUT2D eigenvalue weighted by Gasteiger charge is -2.33. The van der Waals surface area contributed by atoms with E-state index in [9.17, 15) is 8.42 Å². The Morgan fingerprint density at radius 1 is 1.24 bits per heavy atom. The Hall–Kier alpha value is -2.43. The Kier molecular flexibility index (Phi) is 5.32. The number of methoxy groups -OCH3 is 1. The van der Waals surface area contributed by atoms with E-state index in [1.807, 2.05) is 17.5 Å². The molecule has 0 spiro atoms. The van der Waals surface area contributed by atoms with Crippen LogP contribution in [0.25, 0.3) is 5.65 Å². The van der Waals surface area contributed by atoms with Crippen molar-refractivity contribution in [3.8, 4) is 5.75 Å². The van der Waals surface area contributed by atoms with Gasteiger partial charge in [0.25, 0.3) is 0 Å². The fourth-order valence-corrected chi connectivity index (χ4v) is 5.24. The zero-order chi connectivity index (χ0) is 20.6. The maximum absolute atomic E-state index is 12.9. The number of nitrogens with one attached hydrogen (secondary N) is 1. The van der Waals surface area contributed by atoms with Crippen LogP contribution in [0.3, 0.4) is 0 Å². The highest BCUT2D eigenvalue weighted by Gasteiger charge is 2.28. The summed E-state index contributed by atoms with van der Waals surface area (Å²) >= 11 is 5.98. The highest BCUT2D eigenvalue weighted by molar-refractivity contribution is 7.89. The predicted molar refractivity (Wildman–Crippen MR) is 109 cm³/mol. The lowest BCUT2D eigenvalue weighted by atomic mass is 10.1. The van der Waals surface area contributed by atoms with Crippen LogP contribution in [-0.4, -0.2) is 54.2 Å². The number of aryl methyl sites for hydroxylation is 1. The number of halogens is 1. The van der Waals surface area contributed by atoms with Crippen LogP contribution in [0.2, 0.25) is 5.02 Å². The number of aromatic nitrogens is 4. The second-order valence-corrected chi connectivity index (χ2v) is 8.99. The van der Waals surface area contributed by atoms with Gasteiger partial charge in [-0.15, -0.1) is 10.2 Å². The second-order valence-electron chi connectivity index (χ2n) is 6.87. The first kappa shape index (κ1) is 19.9. The van der Waals surface area contributed by atoms with Crippen molar-refractivity contribution in [1.29, 1.82) is 0 Å². The number of fused-ring (bicyclic) bond motifs is 1. The molecule has 1 saturated heterocycles. The second kappa shape index (κ2) is 7.77. The number of anilines is 1. The standard InChI is InChI=1S/C18H21ClN6O3S/c1-12-21-22-18-17(20-7-10-25(12)18)24-8-5-14(6-9-24)23-29(26,27)16-11-13(19)3-4-15(16)28-2/h3-4,7,10-11,14,23H,5-6,8-9H2,1-2H3. The van der Waals surface area contributed by atoms with Crippen LogP contribution in [0.1, 0.15) is 18.7 Å². The summed E-state index contributed by atoms with van der Waals surface area (Å²) in [5, 5.41) is 8.65. The van der Waals surface area contributed by atoms with E-state index >= 15 is 0 Å². The van der Waals surface area contributed by atoms with Gasteiger partial charge in [0.1, 0.15) is 16.5 Å². The number of piperidine rings is 1. The monoisotopic (exact) mass is 436 g/mol. The fraction of sp³-hybridized carbons (Fsp3) is 0.389. The van der Waals surface area contributed by atoms with Gasteiger partial charge in [-0.1, -0.05) is 11.6 Å². The van der Waals surface area contributed by atoms with E-state index in [0.717, 1.165) is 11.6 Å². The van der Waals surface area contributed by atoms with E-state index in [1.165, 1.54) is 13.2 Å². The summed E-state index contributed by atoms with van der Waals surface area (Å²) in [5.41, 5.74) is 0.702. The predicted octanol–water partition coefficient (Wildman–Crippen LogP) is 2.04. The van der Waals surface area contributed by atoms with E-state index < -0.39 is 10.0 Å². The van der Waals surface area contributed by atoms with Crippen molar-refractivity contribution in [3.63, 3.8) is 0 Å². The highest BCUT2D eigenvalue weighted by Crippen LogP contribution is 2.28. The lowest BCUT2D eigenvalue weighted by Crippen LogP contribution is -2.45. The molecule has 29 heavy (non-hydrogen) atoms. The highest BCUT2D eigenvalue weighted by atomic mass is 35.5. The number of nitrogens with zero attached hydrogens (tertiary/aromatic N) is 5. The first-order valence-electron chi connectivity index (χ1n) is 9.16. The van der Waals surface area contributed by atoms with Gasteiger partial charge in [0.05, 0.1) is 7.11 Å². The van der Waals surface area contributed by atoms with Crippen molar-refractivity contribution in [3.05, 3.63) is 41.4 Å². The number of hydrogen-bond acceptors (Lipinski definition) is 7. The molecule has 0 bridgehead atoms. The van der Waals surface area contributed by atoms with Gasteiger partial charge in [-0.3, -0.25) is 4.40 Å². The molecule has 0 aliphatic carbocycles. The number of benzene rings is 1. The molecule has 0 radical (unpaired) electrons. The molecule has 3 heterocycles. The van der Waals surface area contributed by atoms with Crippen LogP contribution in [0, 0.1) is 6.92 Å². The minimum atomic E-state index is -3.76. The SMILES string of the molecule is COc1ccc(Cl)cc1S(=O)(=O)NC1CCN(c2nccn3c(C)nnc23)CC1. The summed E-state index contributed by atoms with van der Waals surface area (Å²) in [6.45, 7) is 3.19. The number of sulfonamides is 1. The van der Waals surface area contributed by atoms with Gasteiger partial charge in [-0.25, -0.2) is 18.1 Å². The summed E-state index contributed by atoms with van der Waals surface area (Å²) in [7, 11) is -2.33. The topological polar surface area (TPSA) is 102 Å². The van der Waals surface area contributed by atoms with Gasteiger partial charge in [0.2, 0.25) is 15.7 Å². The molecule has 2 aromatic heterocycles. The molecular formula is C18H21ClN6O3S. The van der Waals surface area contributed by atoms with Crippen molar-refractivity contribution in [2.75, 3.05) is 25.1 Å². The Bertz CT molecular complexity index is 1140. The maximum Gasteiger partial charge on any atom is 0.244 e. The van der Waals surface area contributed by atoms with Gasteiger partial charge < -0.3 is 9.64 Å². The third-order valence-electron chi connectivity index (χ3n) is 5.01. The average Bonchev–Trinajstić information content (AvgIpc) is 3.09. The fourth-order valence-electron chi connectivity index (χ4n) is 3.50. The van der Waals surface area contributed by atoms with Gasteiger partial charge in [0.15, 0.2) is 5.82 Å². The van der Waals surface area contributed by atoms with Crippen LogP contribution >= 0.6 is 11.6 Å². The Labute approximate surface area is 173 Å². The molecule has 0 amide bonds. The van der Waals surface area contributed by atoms with E-state index in [4.69, 9.17) is 16.3 Å². The molecule has 154 valence electrons. The first-order valence-corrected chi connectivity index (χ1v) is 11.0. The maximum atomic E-state index is 12.9. The zero-order valence-corrected chi connectivity index (χ0v) is 17.6. The largest absolute Gasteiger partial charge is 0.495 e. The summed E-state index contributed by atoms with van der Waals surface area (Å²) in [4.78, 5) is 6.60. The van der Waals surface area contributed by atoms with Crippen LogP contribution < -0.4 is 14.4 Å². The van der Waals surface area contributed by atoms with Crippen molar-refractivity contribution in [2.24, 2.45) is 0 Å². The van der Waals surface area contributed by atoms with Gasteiger partial charge >= 0.3 is 0 Å². The van der Waals surface area contributed by atoms with Crippen LogP contribution in [0.4, 0.5) is 5.82 Å². The smallest absolute Gasteiger partial charge is 0.244 e. The normalized spacial score (nSPS) is 15.8. The lowest BCUT2D eigenvalue weighted by molar-refractivity contribution is 0.401. The van der Waals surface area contributed by atoms with Gasteiger partial charge in [-0.05, 0) is 38.0 Å². The number of rotatable bonds is 5. The molecule has 3 aromatic rings.